The lowest BCUT2D eigenvalue weighted by molar-refractivity contribution is 0.190. The summed E-state index contributed by atoms with van der Waals surface area (Å²) < 4.78 is 0. The number of nitrogens with one attached hydrogen (secondary N) is 1. The SMILES string of the molecule is CCN1CCC(CNCc2cc(C)c(O)c(C)c2)CC1. The number of piperidine rings is 1. The van der Waals surface area contributed by atoms with E-state index in [9.17, 15) is 5.11 Å². The van der Waals surface area contributed by atoms with Gasteiger partial charge in [0, 0.05) is 6.54 Å². The van der Waals surface area contributed by atoms with E-state index in [1.807, 2.05) is 13.8 Å². The van der Waals surface area contributed by atoms with Crippen molar-refractivity contribution in [2.75, 3.05) is 26.2 Å². The zero-order chi connectivity index (χ0) is 14.5. The van der Waals surface area contributed by atoms with Crippen molar-refractivity contribution in [3.63, 3.8) is 0 Å². The molecule has 1 aromatic carbocycles. The van der Waals surface area contributed by atoms with Crippen LogP contribution < -0.4 is 5.32 Å². The summed E-state index contributed by atoms with van der Waals surface area (Å²) in [5, 5.41) is 13.4. The molecule has 0 aromatic heterocycles. The van der Waals surface area contributed by atoms with Gasteiger partial charge in [-0.2, -0.15) is 0 Å². The van der Waals surface area contributed by atoms with Gasteiger partial charge in [-0.05, 0) is 75.5 Å². The van der Waals surface area contributed by atoms with Crippen LogP contribution in [0.1, 0.15) is 36.5 Å². The first kappa shape index (κ1) is 15.3. The summed E-state index contributed by atoms with van der Waals surface area (Å²) in [4.78, 5) is 2.53. The maximum Gasteiger partial charge on any atom is 0.121 e. The van der Waals surface area contributed by atoms with Crippen LogP contribution >= 0.6 is 0 Å². The largest absolute Gasteiger partial charge is 0.507 e. The van der Waals surface area contributed by atoms with Gasteiger partial charge >= 0.3 is 0 Å². The Morgan fingerprint density at radius 3 is 2.35 bits per heavy atom. The molecule has 1 aromatic rings. The maximum absolute atomic E-state index is 9.78. The maximum atomic E-state index is 9.78. The Hall–Kier alpha value is -1.06. The Morgan fingerprint density at radius 2 is 1.80 bits per heavy atom. The van der Waals surface area contributed by atoms with Crippen LogP contribution in [0.4, 0.5) is 0 Å². The molecule has 3 nitrogen and oxygen atoms in total. The van der Waals surface area contributed by atoms with Crippen LogP contribution in [-0.4, -0.2) is 36.2 Å². The molecule has 0 radical (unpaired) electrons. The van der Waals surface area contributed by atoms with Crippen molar-refractivity contribution >= 4 is 0 Å². The van der Waals surface area contributed by atoms with Crippen molar-refractivity contribution in [2.45, 2.75) is 40.2 Å². The average Bonchev–Trinajstić information content (AvgIpc) is 2.45. The molecular weight excluding hydrogens is 248 g/mol. The lowest BCUT2D eigenvalue weighted by atomic mass is 9.96. The van der Waals surface area contributed by atoms with E-state index in [0.717, 1.165) is 30.1 Å². The van der Waals surface area contributed by atoms with Crippen LogP contribution in [-0.2, 0) is 6.54 Å². The van der Waals surface area contributed by atoms with Gasteiger partial charge in [0.2, 0.25) is 0 Å². The van der Waals surface area contributed by atoms with Gasteiger partial charge in [0.1, 0.15) is 5.75 Å². The summed E-state index contributed by atoms with van der Waals surface area (Å²) in [6, 6.07) is 4.16. The highest BCUT2D eigenvalue weighted by molar-refractivity contribution is 5.42. The fourth-order valence-corrected chi connectivity index (χ4v) is 3.08. The van der Waals surface area contributed by atoms with Crippen molar-refractivity contribution in [3.8, 4) is 5.75 Å². The molecule has 2 N–H and O–H groups in total. The van der Waals surface area contributed by atoms with Crippen LogP contribution in [0.5, 0.6) is 5.75 Å². The Balaban J connectivity index is 1.76. The highest BCUT2D eigenvalue weighted by Crippen LogP contribution is 2.23. The van der Waals surface area contributed by atoms with Gasteiger partial charge < -0.3 is 15.3 Å². The number of nitrogens with zero attached hydrogens (tertiary/aromatic N) is 1. The van der Waals surface area contributed by atoms with Crippen LogP contribution in [0.2, 0.25) is 0 Å². The summed E-state index contributed by atoms with van der Waals surface area (Å²) >= 11 is 0. The average molecular weight is 276 g/mol. The second-order valence-electron chi connectivity index (χ2n) is 6.09. The van der Waals surface area contributed by atoms with E-state index < -0.39 is 0 Å². The Morgan fingerprint density at radius 1 is 1.20 bits per heavy atom. The molecular formula is C17H28N2O. The minimum Gasteiger partial charge on any atom is -0.507 e. The zero-order valence-corrected chi connectivity index (χ0v) is 13.1. The van der Waals surface area contributed by atoms with E-state index in [-0.39, 0.29) is 0 Å². The third-order valence-electron chi connectivity index (χ3n) is 4.47. The molecule has 0 saturated carbocycles. The summed E-state index contributed by atoms with van der Waals surface area (Å²) in [5.41, 5.74) is 3.21. The molecule has 1 heterocycles. The number of rotatable bonds is 5. The van der Waals surface area contributed by atoms with E-state index in [1.54, 1.807) is 0 Å². The van der Waals surface area contributed by atoms with Gasteiger partial charge in [0.15, 0.2) is 0 Å². The fraction of sp³-hybridized carbons (Fsp3) is 0.647. The van der Waals surface area contributed by atoms with E-state index in [1.165, 1.54) is 38.0 Å². The molecule has 20 heavy (non-hydrogen) atoms. The van der Waals surface area contributed by atoms with Crippen molar-refractivity contribution in [2.24, 2.45) is 5.92 Å². The van der Waals surface area contributed by atoms with E-state index in [0.29, 0.717) is 5.75 Å². The van der Waals surface area contributed by atoms with E-state index in [2.05, 4.69) is 29.3 Å². The van der Waals surface area contributed by atoms with Gasteiger partial charge in [-0.1, -0.05) is 19.1 Å². The van der Waals surface area contributed by atoms with Gasteiger partial charge in [-0.25, -0.2) is 0 Å². The summed E-state index contributed by atoms with van der Waals surface area (Å²) in [6.45, 7) is 11.9. The Labute approximate surface area is 123 Å². The van der Waals surface area contributed by atoms with Crippen molar-refractivity contribution in [1.82, 2.24) is 10.2 Å². The molecule has 3 heteroatoms. The first-order valence-corrected chi connectivity index (χ1v) is 7.82. The second kappa shape index (κ2) is 7.09. The van der Waals surface area contributed by atoms with Crippen molar-refractivity contribution in [1.29, 1.82) is 0 Å². The summed E-state index contributed by atoms with van der Waals surface area (Å²) in [5.74, 6) is 1.25. The summed E-state index contributed by atoms with van der Waals surface area (Å²) in [7, 11) is 0. The number of benzene rings is 1. The number of aryl methyl sites for hydroxylation is 2. The fourth-order valence-electron chi connectivity index (χ4n) is 3.08. The highest BCUT2D eigenvalue weighted by atomic mass is 16.3. The monoisotopic (exact) mass is 276 g/mol. The molecule has 0 amide bonds. The second-order valence-corrected chi connectivity index (χ2v) is 6.09. The quantitative estimate of drug-likeness (QED) is 0.868. The minimum atomic E-state index is 0.431. The minimum absolute atomic E-state index is 0.431. The van der Waals surface area contributed by atoms with Crippen LogP contribution in [0, 0.1) is 19.8 Å². The topological polar surface area (TPSA) is 35.5 Å². The molecule has 0 bridgehead atoms. The lowest BCUT2D eigenvalue weighted by Gasteiger charge is -2.31. The number of likely N-dealkylation sites (tertiary alicyclic amines) is 1. The van der Waals surface area contributed by atoms with E-state index in [4.69, 9.17) is 0 Å². The molecule has 2 rings (SSSR count). The van der Waals surface area contributed by atoms with Crippen LogP contribution in [0.3, 0.4) is 0 Å². The molecule has 0 spiro atoms. The van der Waals surface area contributed by atoms with Crippen molar-refractivity contribution < 1.29 is 5.11 Å². The molecule has 1 saturated heterocycles. The van der Waals surface area contributed by atoms with Crippen LogP contribution in [0.15, 0.2) is 12.1 Å². The van der Waals surface area contributed by atoms with Gasteiger partial charge in [0.25, 0.3) is 0 Å². The first-order chi connectivity index (χ1) is 9.60. The molecule has 1 aliphatic rings. The van der Waals surface area contributed by atoms with Gasteiger partial charge in [-0.3, -0.25) is 0 Å². The lowest BCUT2D eigenvalue weighted by Crippen LogP contribution is -2.36. The Bertz CT molecular complexity index is 414. The third kappa shape index (κ3) is 3.97. The normalized spacial score (nSPS) is 17.6. The standard InChI is InChI=1S/C17H28N2O/c1-4-19-7-5-15(6-8-19)11-18-12-16-9-13(2)17(20)14(3)10-16/h9-10,15,18,20H,4-8,11-12H2,1-3H3. The number of hydrogen-bond acceptors (Lipinski definition) is 3. The number of phenolic OH excluding ortho intramolecular Hbond substituents is 1. The van der Waals surface area contributed by atoms with Crippen LogP contribution in [0.25, 0.3) is 0 Å². The zero-order valence-electron chi connectivity index (χ0n) is 13.1. The first-order valence-electron chi connectivity index (χ1n) is 7.82. The smallest absolute Gasteiger partial charge is 0.121 e. The number of hydrogen-bond donors (Lipinski definition) is 2. The predicted octanol–water partition coefficient (Wildman–Crippen LogP) is 2.83. The van der Waals surface area contributed by atoms with Gasteiger partial charge in [0.05, 0.1) is 0 Å². The van der Waals surface area contributed by atoms with Crippen molar-refractivity contribution in [3.05, 3.63) is 28.8 Å². The molecule has 0 atom stereocenters. The molecule has 0 aliphatic carbocycles. The predicted molar refractivity (Wildman–Crippen MR) is 84.1 cm³/mol. The summed E-state index contributed by atoms with van der Waals surface area (Å²) in [6.07, 6.45) is 2.63. The Kier molecular flexibility index (Phi) is 5.44. The number of aromatic hydroxyl groups is 1. The molecule has 1 fully saturated rings. The van der Waals surface area contributed by atoms with E-state index >= 15 is 0 Å². The van der Waals surface area contributed by atoms with Gasteiger partial charge in [-0.15, -0.1) is 0 Å². The third-order valence-corrected chi connectivity index (χ3v) is 4.47. The highest BCUT2D eigenvalue weighted by Gasteiger charge is 2.17. The molecule has 0 unspecified atom stereocenters. The molecule has 1 aliphatic heterocycles. The molecule has 112 valence electrons. The number of phenols is 1.